The molecule has 2 aromatic carbocycles. The minimum atomic E-state index is -0.419. The number of para-hydroxylation sites is 2. The molecule has 0 aliphatic carbocycles. The predicted octanol–water partition coefficient (Wildman–Crippen LogP) is 3.39. The molecule has 2 N–H and O–H groups in total. The number of likely N-dealkylation sites (N-methyl/N-ethyl adjacent to an activating group) is 1. The van der Waals surface area contributed by atoms with Crippen molar-refractivity contribution >= 4 is 35.0 Å². The number of nitrogens with one attached hydrogen (secondary N) is 2. The topological polar surface area (TPSA) is 103 Å². The van der Waals surface area contributed by atoms with E-state index in [1.165, 1.54) is 4.90 Å². The zero-order valence-corrected chi connectivity index (χ0v) is 22.2. The van der Waals surface area contributed by atoms with Crippen LogP contribution in [0, 0.1) is 6.92 Å². The maximum absolute atomic E-state index is 13.7. The van der Waals surface area contributed by atoms with Crippen molar-refractivity contribution in [1.82, 2.24) is 24.9 Å². The van der Waals surface area contributed by atoms with Crippen LogP contribution in [0.15, 0.2) is 48.7 Å². The van der Waals surface area contributed by atoms with Gasteiger partial charge in [0.15, 0.2) is 0 Å². The molecule has 0 spiro atoms. The highest BCUT2D eigenvalue weighted by Gasteiger charge is 2.35. The first kappa shape index (κ1) is 25.3. The van der Waals surface area contributed by atoms with Gasteiger partial charge in [0, 0.05) is 45.4 Å². The molecule has 38 heavy (non-hydrogen) atoms. The summed E-state index contributed by atoms with van der Waals surface area (Å²) in [6, 6.07) is 12.6. The summed E-state index contributed by atoms with van der Waals surface area (Å²) in [5, 5.41) is 10.7. The normalized spacial score (nSPS) is 16.3. The van der Waals surface area contributed by atoms with Crippen LogP contribution in [0.3, 0.4) is 0 Å². The molecule has 0 radical (unpaired) electrons. The molecule has 198 valence electrons. The number of hydrogen-bond donors (Lipinski definition) is 2. The van der Waals surface area contributed by atoms with Crippen LogP contribution < -0.4 is 15.5 Å². The number of aromatic nitrogens is 2. The SMILES string of the molecule is Cc1cc(C(=O)N2Cc3cnn(C)c3Nc3ccccc32)ccc1CNC(=O)N1CCC[C@H]1C(=O)N(C)C. The third kappa shape index (κ3) is 4.69. The van der Waals surface area contributed by atoms with Crippen molar-refractivity contribution in [3.05, 3.63) is 70.9 Å². The maximum Gasteiger partial charge on any atom is 0.318 e. The van der Waals surface area contributed by atoms with Gasteiger partial charge in [-0.1, -0.05) is 18.2 Å². The first-order valence-corrected chi connectivity index (χ1v) is 12.8. The fourth-order valence-corrected chi connectivity index (χ4v) is 5.16. The van der Waals surface area contributed by atoms with E-state index < -0.39 is 6.04 Å². The van der Waals surface area contributed by atoms with Crippen molar-refractivity contribution in [2.45, 2.75) is 38.9 Å². The van der Waals surface area contributed by atoms with E-state index in [1.807, 2.05) is 50.4 Å². The molecule has 2 aliphatic heterocycles. The van der Waals surface area contributed by atoms with Crippen molar-refractivity contribution in [2.24, 2.45) is 7.05 Å². The van der Waals surface area contributed by atoms with E-state index in [1.54, 1.807) is 40.8 Å². The molecule has 0 unspecified atom stereocenters. The molecule has 10 heteroatoms. The molecule has 0 saturated carbocycles. The van der Waals surface area contributed by atoms with Gasteiger partial charge in [0.05, 0.1) is 24.1 Å². The Morgan fingerprint density at radius 2 is 1.95 bits per heavy atom. The summed E-state index contributed by atoms with van der Waals surface area (Å²) in [6.45, 7) is 3.20. The van der Waals surface area contributed by atoms with Crippen LogP contribution >= 0.6 is 0 Å². The Hall–Kier alpha value is -4.34. The molecule has 1 saturated heterocycles. The number of carbonyl (C=O) groups is 3. The van der Waals surface area contributed by atoms with Crippen molar-refractivity contribution < 1.29 is 14.4 Å². The molecular weight excluding hydrogens is 482 g/mol. The molecule has 1 atom stereocenters. The molecule has 3 aromatic rings. The standard InChI is InChI=1S/C28H33N7O3/c1-18-14-19(11-12-20(18)15-29-28(38)34-13-7-10-24(34)27(37)32(2)3)26(36)35-17-21-16-30-33(4)25(21)31-22-8-5-6-9-23(22)35/h5-6,8-9,11-12,14,16,24,31H,7,10,13,15,17H2,1-4H3,(H,29,38)/t24-/m0/s1. The molecule has 2 aliphatic rings. The zero-order chi connectivity index (χ0) is 27.0. The van der Waals surface area contributed by atoms with Crippen LogP contribution in [-0.4, -0.2) is 64.1 Å². The number of benzene rings is 2. The summed E-state index contributed by atoms with van der Waals surface area (Å²) >= 11 is 0. The van der Waals surface area contributed by atoms with Crippen LogP contribution in [0.25, 0.3) is 0 Å². The Kier molecular flexibility index (Phi) is 6.79. The lowest BCUT2D eigenvalue weighted by Gasteiger charge is -2.26. The highest BCUT2D eigenvalue weighted by Crippen LogP contribution is 2.36. The number of hydrogen-bond acceptors (Lipinski definition) is 5. The van der Waals surface area contributed by atoms with Crippen molar-refractivity contribution in [2.75, 3.05) is 30.9 Å². The van der Waals surface area contributed by atoms with Gasteiger partial charge in [0.2, 0.25) is 5.91 Å². The summed E-state index contributed by atoms with van der Waals surface area (Å²) < 4.78 is 1.77. The number of rotatable bonds is 4. The largest absolute Gasteiger partial charge is 0.347 e. The number of carbonyl (C=O) groups excluding carboxylic acids is 3. The van der Waals surface area contributed by atoms with Gasteiger partial charge in [-0.3, -0.25) is 14.3 Å². The van der Waals surface area contributed by atoms with Gasteiger partial charge in [-0.25, -0.2) is 4.79 Å². The van der Waals surface area contributed by atoms with Crippen LogP contribution in [-0.2, 0) is 24.9 Å². The highest BCUT2D eigenvalue weighted by molar-refractivity contribution is 6.08. The molecule has 3 heterocycles. The van der Waals surface area contributed by atoms with Crippen molar-refractivity contribution in [3.63, 3.8) is 0 Å². The number of fused-ring (bicyclic) bond motifs is 2. The third-order valence-electron chi connectivity index (χ3n) is 7.30. The summed E-state index contributed by atoms with van der Waals surface area (Å²) in [7, 11) is 5.29. The fourth-order valence-electron chi connectivity index (χ4n) is 5.16. The Morgan fingerprint density at radius 3 is 2.71 bits per heavy atom. The summed E-state index contributed by atoms with van der Waals surface area (Å²) in [4.78, 5) is 44.0. The molecule has 1 fully saturated rings. The van der Waals surface area contributed by atoms with Gasteiger partial charge >= 0.3 is 6.03 Å². The van der Waals surface area contributed by atoms with E-state index in [2.05, 4.69) is 15.7 Å². The number of likely N-dealkylation sites (tertiary alicyclic amines) is 1. The van der Waals surface area contributed by atoms with Gasteiger partial charge in [0.25, 0.3) is 5.91 Å². The molecule has 1 aromatic heterocycles. The second-order valence-corrected chi connectivity index (χ2v) is 10.1. The fraction of sp³-hybridized carbons (Fsp3) is 0.357. The van der Waals surface area contributed by atoms with E-state index in [4.69, 9.17) is 0 Å². The zero-order valence-electron chi connectivity index (χ0n) is 22.2. The van der Waals surface area contributed by atoms with E-state index in [-0.39, 0.29) is 17.8 Å². The minimum Gasteiger partial charge on any atom is -0.347 e. The van der Waals surface area contributed by atoms with E-state index >= 15 is 0 Å². The number of amides is 4. The van der Waals surface area contributed by atoms with Crippen molar-refractivity contribution in [3.8, 4) is 0 Å². The molecular formula is C28H33N7O3. The number of nitrogens with zero attached hydrogens (tertiary/aromatic N) is 5. The lowest BCUT2D eigenvalue weighted by molar-refractivity contribution is -0.132. The maximum atomic E-state index is 13.7. The Morgan fingerprint density at radius 1 is 1.16 bits per heavy atom. The van der Waals surface area contributed by atoms with Gasteiger partial charge in [0.1, 0.15) is 11.9 Å². The average Bonchev–Trinajstić information content (AvgIpc) is 3.49. The van der Waals surface area contributed by atoms with Gasteiger partial charge in [-0.05, 0) is 55.2 Å². The quantitative estimate of drug-likeness (QED) is 0.555. The van der Waals surface area contributed by atoms with E-state index in [0.717, 1.165) is 40.3 Å². The molecule has 10 nitrogen and oxygen atoms in total. The second kappa shape index (κ2) is 10.2. The number of anilines is 3. The van der Waals surface area contributed by atoms with Crippen LogP contribution in [0.2, 0.25) is 0 Å². The average molecular weight is 516 g/mol. The Labute approximate surface area is 222 Å². The first-order valence-electron chi connectivity index (χ1n) is 12.8. The minimum absolute atomic E-state index is 0.0552. The van der Waals surface area contributed by atoms with Crippen molar-refractivity contribution in [1.29, 1.82) is 0 Å². The summed E-state index contributed by atoms with van der Waals surface area (Å²) in [5.41, 5.74) is 4.96. The summed E-state index contributed by atoms with van der Waals surface area (Å²) in [5.74, 6) is 0.694. The van der Waals surface area contributed by atoms with Crippen LogP contribution in [0.1, 0.15) is 39.9 Å². The highest BCUT2D eigenvalue weighted by atomic mass is 16.2. The smallest absolute Gasteiger partial charge is 0.318 e. The number of urea groups is 1. The van der Waals surface area contributed by atoms with Gasteiger partial charge in [-0.2, -0.15) is 5.10 Å². The third-order valence-corrected chi connectivity index (χ3v) is 7.30. The van der Waals surface area contributed by atoms with Gasteiger partial charge < -0.3 is 25.3 Å². The van der Waals surface area contributed by atoms with E-state index in [9.17, 15) is 14.4 Å². The Bertz CT molecular complexity index is 1400. The second-order valence-electron chi connectivity index (χ2n) is 10.1. The molecule has 4 amide bonds. The van der Waals surface area contributed by atoms with E-state index in [0.29, 0.717) is 31.6 Å². The lowest BCUT2D eigenvalue weighted by Crippen LogP contribution is -2.49. The van der Waals surface area contributed by atoms with Gasteiger partial charge in [-0.15, -0.1) is 0 Å². The molecule has 0 bridgehead atoms. The predicted molar refractivity (Wildman–Crippen MR) is 145 cm³/mol. The van der Waals surface area contributed by atoms with Crippen LogP contribution in [0.5, 0.6) is 0 Å². The summed E-state index contributed by atoms with van der Waals surface area (Å²) in [6.07, 6.45) is 3.27. The molecule has 5 rings (SSSR count). The lowest BCUT2D eigenvalue weighted by atomic mass is 10.0. The first-order chi connectivity index (χ1) is 18.2. The monoisotopic (exact) mass is 515 g/mol. The number of aryl methyl sites for hydroxylation is 2. The Balaban J connectivity index is 1.31. The van der Waals surface area contributed by atoms with Crippen LogP contribution in [0.4, 0.5) is 22.0 Å².